The lowest BCUT2D eigenvalue weighted by Crippen LogP contribution is -2.21. The Balaban J connectivity index is 2.05. The molecule has 0 saturated carbocycles. The molecule has 1 amide bonds. The van der Waals surface area contributed by atoms with Crippen LogP contribution in [0.2, 0.25) is 0 Å². The van der Waals surface area contributed by atoms with Crippen molar-refractivity contribution < 1.29 is 28.4 Å². The number of hydrogen-bond acceptors (Lipinski definition) is 7. The summed E-state index contributed by atoms with van der Waals surface area (Å²) in [5, 5.41) is 13.6. The summed E-state index contributed by atoms with van der Waals surface area (Å²) in [6.07, 6.45) is 0. The minimum atomic E-state index is -0.703. The number of esters is 1. The number of carbonyl (C=O) groups excluding carboxylic acids is 2. The SMILES string of the molecule is CCOc1ccc(NC(=O)COC(=O)c2c(C)oc(C)c2C)c([N+](=O)[O-])c1. The van der Waals surface area contributed by atoms with Crippen molar-refractivity contribution in [2.45, 2.75) is 27.7 Å². The van der Waals surface area contributed by atoms with E-state index < -0.39 is 23.4 Å². The van der Waals surface area contributed by atoms with Crippen LogP contribution in [0.5, 0.6) is 5.75 Å². The van der Waals surface area contributed by atoms with Crippen molar-refractivity contribution in [1.82, 2.24) is 0 Å². The first-order valence-electron chi connectivity index (χ1n) is 8.19. The van der Waals surface area contributed by atoms with Gasteiger partial charge in [-0.25, -0.2) is 4.79 Å². The van der Waals surface area contributed by atoms with Crippen LogP contribution in [0.25, 0.3) is 0 Å². The number of hydrogen-bond donors (Lipinski definition) is 1. The zero-order valence-corrected chi connectivity index (χ0v) is 15.5. The number of nitrogens with zero attached hydrogens (tertiary/aromatic N) is 1. The van der Waals surface area contributed by atoms with E-state index in [-0.39, 0.29) is 16.9 Å². The maximum atomic E-state index is 12.2. The van der Waals surface area contributed by atoms with Gasteiger partial charge in [0.2, 0.25) is 0 Å². The molecule has 0 atom stereocenters. The number of anilines is 1. The van der Waals surface area contributed by atoms with E-state index >= 15 is 0 Å². The van der Waals surface area contributed by atoms with Crippen LogP contribution in [0.1, 0.15) is 34.4 Å². The highest BCUT2D eigenvalue weighted by atomic mass is 16.6. The molecule has 0 saturated heterocycles. The fraction of sp³-hybridized carbons (Fsp3) is 0.333. The van der Waals surface area contributed by atoms with Crippen LogP contribution in [0, 0.1) is 30.9 Å². The quantitative estimate of drug-likeness (QED) is 0.447. The smallest absolute Gasteiger partial charge is 0.342 e. The predicted molar refractivity (Wildman–Crippen MR) is 96.1 cm³/mol. The summed E-state index contributed by atoms with van der Waals surface area (Å²) in [7, 11) is 0. The van der Waals surface area contributed by atoms with Gasteiger partial charge in [0.05, 0.1) is 17.6 Å². The normalized spacial score (nSPS) is 10.4. The molecular formula is C18H20N2O7. The van der Waals surface area contributed by atoms with E-state index in [0.29, 0.717) is 29.4 Å². The maximum Gasteiger partial charge on any atom is 0.342 e. The minimum Gasteiger partial charge on any atom is -0.494 e. The highest BCUT2D eigenvalue weighted by molar-refractivity contribution is 5.97. The van der Waals surface area contributed by atoms with Gasteiger partial charge in [-0.2, -0.15) is 0 Å². The van der Waals surface area contributed by atoms with Crippen LogP contribution in [0.3, 0.4) is 0 Å². The molecule has 0 bridgehead atoms. The van der Waals surface area contributed by atoms with Gasteiger partial charge in [0, 0.05) is 5.56 Å². The average Bonchev–Trinajstić information content (AvgIpc) is 2.86. The van der Waals surface area contributed by atoms with E-state index in [9.17, 15) is 19.7 Å². The third-order valence-corrected chi connectivity index (χ3v) is 3.85. The number of carbonyl (C=O) groups is 2. The lowest BCUT2D eigenvalue weighted by Gasteiger charge is -2.09. The van der Waals surface area contributed by atoms with Crippen molar-refractivity contribution in [1.29, 1.82) is 0 Å². The number of nitro benzene ring substituents is 1. The Bertz CT molecular complexity index is 886. The van der Waals surface area contributed by atoms with Crippen LogP contribution >= 0.6 is 0 Å². The molecule has 1 heterocycles. The van der Waals surface area contributed by atoms with E-state index in [1.54, 1.807) is 27.7 Å². The molecule has 0 fully saturated rings. The van der Waals surface area contributed by atoms with Gasteiger partial charge in [0.25, 0.3) is 11.6 Å². The van der Waals surface area contributed by atoms with Gasteiger partial charge in [0.15, 0.2) is 6.61 Å². The zero-order chi connectivity index (χ0) is 20.1. The largest absolute Gasteiger partial charge is 0.494 e. The first-order chi connectivity index (χ1) is 12.7. The van der Waals surface area contributed by atoms with Gasteiger partial charge >= 0.3 is 5.97 Å². The number of aryl methyl sites for hydroxylation is 2. The molecule has 1 aromatic heterocycles. The molecule has 0 aliphatic heterocycles. The molecule has 0 spiro atoms. The molecule has 9 heteroatoms. The number of nitrogens with one attached hydrogen (secondary N) is 1. The summed E-state index contributed by atoms with van der Waals surface area (Å²) in [5.74, 6) is -0.0919. The van der Waals surface area contributed by atoms with Gasteiger partial charge in [-0.1, -0.05) is 0 Å². The first-order valence-corrected chi connectivity index (χ1v) is 8.19. The standard InChI is InChI=1S/C18H20N2O7/c1-5-25-13-6-7-14(15(8-13)20(23)24)19-16(21)9-26-18(22)17-10(2)11(3)27-12(17)4/h6-8H,5,9H2,1-4H3,(H,19,21). The molecule has 0 radical (unpaired) electrons. The van der Waals surface area contributed by atoms with Crippen LogP contribution < -0.4 is 10.1 Å². The van der Waals surface area contributed by atoms with Crippen molar-refractivity contribution in [2.24, 2.45) is 0 Å². The molecule has 144 valence electrons. The number of benzene rings is 1. The van der Waals surface area contributed by atoms with Crippen molar-refractivity contribution >= 4 is 23.3 Å². The third kappa shape index (κ3) is 4.63. The lowest BCUT2D eigenvalue weighted by atomic mass is 10.1. The van der Waals surface area contributed by atoms with E-state index in [1.165, 1.54) is 18.2 Å². The van der Waals surface area contributed by atoms with Gasteiger partial charge in [-0.3, -0.25) is 14.9 Å². The average molecular weight is 376 g/mol. The second-order valence-electron chi connectivity index (χ2n) is 5.71. The second-order valence-corrected chi connectivity index (χ2v) is 5.71. The fourth-order valence-corrected chi connectivity index (χ4v) is 2.51. The van der Waals surface area contributed by atoms with Crippen molar-refractivity contribution in [3.05, 3.63) is 51.0 Å². The van der Waals surface area contributed by atoms with Crippen molar-refractivity contribution in [2.75, 3.05) is 18.5 Å². The Labute approximate surface area is 155 Å². The topological polar surface area (TPSA) is 121 Å². The molecular weight excluding hydrogens is 356 g/mol. The van der Waals surface area contributed by atoms with Crippen molar-refractivity contribution in [3.8, 4) is 5.75 Å². The van der Waals surface area contributed by atoms with Gasteiger partial charge in [-0.15, -0.1) is 0 Å². The Morgan fingerprint density at radius 2 is 1.93 bits per heavy atom. The monoisotopic (exact) mass is 376 g/mol. The summed E-state index contributed by atoms with van der Waals surface area (Å²) in [6, 6.07) is 4.07. The molecule has 27 heavy (non-hydrogen) atoms. The molecule has 1 aromatic carbocycles. The highest BCUT2D eigenvalue weighted by Gasteiger charge is 2.22. The Kier molecular flexibility index (Phi) is 6.17. The Morgan fingerprint density at radius 1 is 1.22 bits per heavy atom. The summed E-state index contributed by atoms with van der Waals surface area (Å²) in [4.78, 5) is 34.8. The van der Waals surface area contributed by atoms with E-state index in [2.05, 4.69) is 5.32 Å². The summed E-state index contributed by atoms with van der Waals surface area (Å²) in [6.45, 7) is 6.57. The van der Waals surface area contributed by atoms with E-state index in [4.69, 9.17) is 13.9 Å². The highest BCUT2D eigenvalue weighted by Crippen LogP contribution is 2.29. The van der Waals surface area contributed by atoms with Gasteiger partial charge < -0.3 is 19.2 Å². The van der Waals surface area contributed by atoms with Gasteiger partial charge in [-0.05, 0) is 39.8 Å². The predicted octanol–water partition coefficient (Wildman–Crippen LogP) is 3.31. The number of furan rings is 1. The second kappa shape index (κ2) is 8.35. The first kappa shape index (κ1) is 20.0. The number of ether oxygens (including phenoxy) is 2. The van der Waals surface area contributed by atoms with E-state index in [0.717, 1.165) is 0 Å². The fourth-order valence-electron chi connectivity index (χ4n) is 2.51. The molecule has 0 unspecified atom stereocenters. The summed E-state index contributed by atoms with van der Waals surface area (Å²) < 4.78 is 15.6. The summed E-state index contributed by atoms with van der Waals surface area (Å²) in [5.41, 5.74) is 0.571. The molecule has 2 aromatic rings. The maximum absolute atomic E-state index is 12.2. The number of amides is 1. The molecule has 2 rings (SSSR count). The van der Waals surface area contributed by atoms with Gasteiger partial charge in [0.1, 0.15) is 28.5 Å². The van der Waals surface area contributed by atoms with Crippen LogP contribution in [0.4, 0.5) is 11.4 Å². The third-order valence-electron chi connectivity index (χ3n) is 3.85. The molecule has 0 aliphatic carbocycles. The number of rotatable bonds is 7. The van der Waals surface area contributed by atoms with Crippen LogP contribution in [-0.4, -0.2) is 30.0 Å². The molecule has 9 nitrogen and oxygen atoms in total. The zero-order valence-electron chi connectivity index (χ0n) is 15.5. The van der Waals surface area contributed by atoms with E-state index in [1.807, 2.05) is 0 Å². The molecule has 1 N–H and O–H groups in total. The number of nitro groups is 1. The summed E-state index contributed by atoms with van der Waals surface area (Å²) >= 11 is 0. The van der Waals surface area contributed by atoms with Crippen LogP contribution in [0.15, 0.2) is 22.6 Å². The Hall–Kier alpha value is -3.36. The van der Waals surface area contributed by atoms with Crippen molar-refractivity contribution in [3.63, 3.8) is 0 Å². The lowest BCUT2D eigenvalue weighted by molar-refractivity contribution is -0.384. The minimum absolute atomic E-state index is 0.0176. The molecule has 0 aliphatic rings. The van der Waals surface area contributed by atoms with Crippen LogP contribution in [-0.2, 0) is 9.53 Å². The Morgan fingerprint density at radius 3 is 2.48 bits per heavy atom.